The number of hydrogen-bond donors (Lipinski definition) is 0. The fourth-order valence-corrected chi connectivity index (χ4v) is 2.84. The molecule has 0 saturated carbocycles. The SMILES string of the molecule is CC(C)(C)n1cc(C(=O)N2CCN(Cc3cccnc3)CC2)cn1. The first-order chi connectivity index (χ1) is 11.4. The molecule has 1 aliphatic rings. The van der Waals surface area contributed by atoms with E-state index in [-0.39, 0.29) is 11.4 Å². The molecule has 0 atom stereocenters. The third kappa shape index (κ3) is 3.82. The van der Waals surface area contributed by atoms with Crippen LogP contribution in [0.3, 0.4) is 0 Å². The molecule has 0 aliphatic carbocycles. The molecule has 0 unspecified atom stereocenters. The van der Waals surface area contributed by atoms with Crippen molar-refractivity contribution < 1.29 is 4.79 Å². The molecule has 128 valence electrons. The molecule has 0 radical (unpaired) electrons. The number of carbonyl (C=O) groups is 1. The summed E-state index contributed by atoms with van der Waals surface area (Å²) < 4.78 is 1.85. The van der Waals surface area contributed by atoms with Crippen LogP contribution in [0.25, 0.3) is 0 Å². The standard InChI is InChI=1S/C18H25N5O/c1-18(2,3)23-14-16(12-20-23)17(24)22-9-7-21(8-10-22)13-15-5-4-6-19-11-15/h4-6,11-12,14H,7-10,13H2,1-3H3. The minimum Gasteiger partial charge on any atom is -0.336 e. The highest BCUT2D eigenvalue weighted by atomic mass is 16.2. The maximum Gasteiger partial charge on any atom is 0.257 e. The van der Waals surface area contributed by atoms with Gasteiger partial charge in [0.1, 0.15) is 0 Å². The van der Waals surface area contributed by atoms with E-state index in [2.05, 4.69) is 41.8 Å². The molecule has 2 aromatic heterocycles. The van der Waals surface area contributed by atoms with E-state index in [1.54, 1.807) is 12.4 Å². The maximum atomic E-state index is 12.6. The molecular formula is C18H25N5O. The van der Waals surface area contributed by atoms with Gasteiger partial charge in [0.05, 0.1) is 17.3 Å². The van der Waals surface area contributed by atoms with Gasteiger partial charge in [0.15, 0.2) is 0 Å². The minimum atomic E-state index is -0.110. The van der Waals surface area contributed by atoms with Gasteiger partial charge in [-0.3, -0.25) is 19.4 Å². The average Bonchev–Trinajstić information content (AvgIpc) is 3.06. The van der Waals surface area contributed by atoms with Crippen LogP contribution in [0.4, 0.5) is 0 Å². The van der Waals surface area contributed by atoms with Gasteiger partial charge in [-0.25, -0.2) is 0 Å². The Labute approximate surface area is 143 Å². The van der Waals surface area contributed by atoms with Crippen LogP contribution in [0.15, 0.2) is 36.9 Å². The summed E-state index contributed by atoms with van der Waals surface area (Å²) in [5, 5.41) is 4.33. The highest BCUT2D eigenvalue weighted by molar-refractivity contribution is 5.93. The number of rotatable bonds is 3. The van der Waals surface area contributed by atoms with Gasteiger partial charge in [-0.2, -0.15) is 5.10 Å². The Kier molecular flexibility index (Phi) is 4.66. The van der Waals surface area contributed by atoms with Crippen LogP contribution in [0.2, 0.25) is 0 Å². The van der Waals surface area contributed by atoms with Crippen LogP contribution in [-0.2, 0) is 12.1 Å². The van der Waals surface area contributed by atoms with Crippen LogP contribution >= 0.6 is 0 Å². The molecule has 1 amide bonds. The highest BCUT2D eigenvalue weighted by Crippen LogP contribution is 2.15. The van der Waals surface area contributed by atoms with Crippen molar-refractivity contribution in [3.63, 3.8) is 0 Å². The normalized spacial score (nSPS) is 16.4. The number of amides is 1. The summed E-state index contributed by atoms with van der Waals surface area (Å²) in [4.78, 5) is 21.1. The summed E-state index contributed by atoms with van der Waals surface area (Å²) >= 11 is 0. The molecule has 0 bridgehead atoms. The number of piperazine rings is 1. The van der Waals surface area contributed by atoms with E-state index >= 15 is 0 Å². The van der Waals surface area contributed by atoms with E-state index < -0.39 is 0 Å². The van der Waals surface area contributed by atoms with Crippen molar-refractivity contribution in [1.29, 1.82) is 0 Å². The van der Waals surface area contributed by atoms with Crippen molar-refractivity contribution in [2.45, 2.75) is 32.9 Å². The molecule has 6 nitrogen and oxygen atoms in total. The topological polar surface area (TPSA) is 54.3 Å². The van der Waals surface area contributed by atoms with Gasteiger partial charge in [0.2, 0.25) is 0 Å². The highest BCUT2D eigenvalue weighted by Gasteiger charge is 2.24. The van der Waals surface area contributed by atoms with Gasteiger partial charge >= 0.3 is 0 Å². The zero-order valence-electron chi connectivity index (χ0n) is 14.6. The lowest BCUT2D eigenvalue weighted by Gasteiger charge is -2.34. The Hall–Kier alpha value is -2.21. The lowest BCUT2D eigenvalue weighted by Crippen LogP contribution is -2.48. The first kappa shape index (κ1) is 16.6. The molecule has 24 heavy (non-hydrogen) atoms. The molecular weight excluding hydrogens is 302 g/mol. The monoisotopic (exact) mass is 327 g/mol. The molecule has 0 spiro atoms. The number of pyridine rings is 1. The van der Waals surface area contributed by atoms with Gasteiger partial charge < -0.3 is 4.90 Å². The average molecular weight is 327 g/mol. The molecule has 1 saturated heterocycles. The van der Waals surface area contributed by atoms with Crippen LogP contribution in [0, 0.1) is 0 Å². The Morgan fingerprint density at radius 3 is 2.50 bits per heavy atom. The van der Waals surface area contributed by atoms with Crippen molar-refractivity contribution in [2.75, 3.05) is 26.2 Å². The summed E-state index contributed by atoms with van der Waals surface area (Å²) in [6.45, 7) is 10.4. The van der Waals surface area contributed by atoms with E-state index in [1.165, 1.54) is 5.56 Å². The second-order valence-electron chi connectivity index (χ2n) is 7.27. The first-order valence-electron chi connectivity index (χ1n) is 8.39. The predicted octanol–water partition coefficient (Wildman–Crippen LogP) is 1.99. The second kappa shape index (κ2) is 6.73. The smallest absolute Gasteiger partial charge is 0.257 e. The fraction of sp³-hybridized carbons (Fsp3) is 0.500. The molecule has 2 aromatic rings. The summed E-state index contributed by atoms with van der Waals surface area (Å²) in [6, 6.07) is 4.05. The van der Waals surface area contributed by atoms with E-state index in [0.717, 1.165) is 32.7 Å². The quantitative estimate of drug-likeness (QED) is 0.865. The zero-order valence-corrected chi connectivity index (χ0v) is 14.6. The Balaban J connectivity index is 1.56. The van der Waals surface area contributed by atoms with E-state index in [1.807, 2.05) is 28.0 Å². The predicted molar refractivity (Wildman–Crippen MR) is 92.6 cm³/mol. The molecule has 3 rings (SSSR count). The van der Waals surface area contributed by atoms with E-state index in [9.17, 15) is 4.79 Å². The molecule has 3 heterocycles. The maximum absolute atomic E-state index is 12.6. The van der Waals surface area contributed by atoms with Gasteiger partial charge in [-0.1, -0.05) is 6.07 Å². The van der Waals surface area contributed by atoms with Crippen molar-refractivity contribution in [2.24, 2.45) is 0 Å². The largest absolute Gasteiger partial charge is 0.336 e. The van der Waals surface area contributed by atoms with Crippen molar-refractivity contribution in [1.82, 2.24) is 24.6 Å². The van der Waals surface area contributed by atoms with Crippen LogP contribution in [-0.4, -0.2) is 56.7 Å². The Morgan fingerprint density at radius 2 is 1.92 bits per heavy atom. The first-order valence-corrected chi connectivity index (χ1v) is 8.39. The molecule has 1 fully saturated rings. The van der Waals surface area contributed by atoms with Crippen molar-refractivity contribution in [3.8, 4) is 0 Å². The van der Waals surface area contributed by atoms with Gasteiger partial charge in [-0.05, 0) is 32.4 Å². The molecule has 0 aromatic carbocycles. The lowest BCUT2D eigenvalue weighted by molar-refractivity contribution is 0.0628. The fourth-order valence-electron chi connectivity index (χ4n) is 2.84. The molecule has 6 heteroatoms. The Morgan fingerprint density at radius 1 is 1.17 bits per heavy atom. The summed E-state index contributed by atoms with van der Waals surface area (Å²) in [5.74, 6) is 0.0755. The number of hydrogen-bond acceptors (Lipinski definition) is 4. The van der Waals surface area contributed by atoms with Crippen molar-refractivity contribution in [3.05, 3.63) is 48.0 Å². The zero-order chi connectivity index (χ0) is 17.2. The van der Waals surface area contributed by atoms with Crippen LogP contribution < -0.4 is 0 Å². The third-order valence-electron chi connectivity index (χ3n) is 4.31. The summed E-state index contributed by atoms with van der Waals surface area (Å²) in [5.41, 5.74) is 1.77. The van der Waals surface area contributed by atoms with E-state index in [0.29, 0.717) is 5.56 Å². The van der Waals surface area contributed by atoms with Crippen LogP contribution in [0.5, 0.6) is 0 Å². The van der Waals surface area contributed by atoms with Crippen LogP contribution in [0.1, 0.15) is 36.7 Å². The Bertz CT molecular complexity index is 681. The van der Waals surface area contributed by atoms with E-state index in [4.69, 9.17) is 0 Å². The molecule has 0 N–H and O–H groups in total. The summed E-state index contributed by atoms with van der Waals surface area (Å²) in [6.07, 6.45) is 7.22. The molecule has 1 aliphatic heterocycles. The third-order valence-corrected chi connectivity index (χ3v) is 4.31. The number of nitrogens with zero attached hydrogens (tertiary/aromatic N) is 5. The van der Waals surface area contributed by atoms with Gasteiger partial charge in [-0.15, -0.1) is 0 Å². The van der Waals surface area contributed by atoms with Crippen molar-refractivity contribution >= 4 is 5.91 Å². The van der Waals surface area contributed by atoms with Gasteiger partial charge in [0.25, 0.3) is 5.91 Å². The minimum absolute atomic E-state index is 0.0755. The second-order valence-corrected chi connectivity index (χ2v) is 7.27. The number of aromatic nitrogens is 3. The summed E-state index contributed by atoms with van der Waals surface area (Å²) in [7, 11) is 0. The van der Waals surface area contributed by atoms with Gasteiger partial charge in [0, 0.05) is 51.3 Å². The lowest BCUT2D eigenvalue weighted by atomic mass is 10.1. The number of carbonyl (C=O) groups excluding carboxylic acids is 1.